The summed E-state index contributed by atoms with van der Waals surface area (Å²) in [5.74, 6) is -2.21. The first-order chi connectivity index (χ1) is 8.46. The number of alkyl halides is 6. The van der Waals surface area contributed by atoms with Crippen molar-refractivity contribution in [2.75, 3.05) is 0 Å². The maximum absolute atomic E-state index is 12.6. The average Bonchev–Trinajstić information content (AvgIpc) is 2.24. The van der Waals surface area contributed by atoms with E-state index in [2.05, 4.69) is 0 Å². The number of carbonyl (C=O) groups is 1. The third kappa shape index (κ3) is 3.16. The number of benzene rings is 1. The zero-order valence-corrected chi connectivity index (χ0v) is 8.88. The molecule has 0 aromatic heterocycles. The van der Waals surface area contributed by atoms with Gasteiger partial charge in [-0.3, -0.25) is 0 Å². The predicted octanol–water partition coefficient (Wildman–Crippen LogP) is 2.84. The van der Waals surface area contributed by atoms with Gasteiger partial charge in [-0.2, -0.15) is 26.3 Å². The Morgan fingerprint density at radius 2 is 1.37 bits per heavy atom. The molecule has 0 fully saturated rings. The van der Waals surface area contributed by atoms with E-state index in [9.17, 15) is 31.1 Å². The van der Waals surface area contributed by atoms with Crippen LogP contribution in [0.4, 0.5) is 26.3 Å². The maximum Gasteiger partial charge on any atom is 0.416 e. The van der Waals surface area contributed by atoms with Crippen molar-refractivity contribution in [3.05, 3.63) is 34.9 Å². The molecule has 0 saturated carbocycles. The van der Waals surface area contributed by atoms with Gasteiger partial charge in [0.15, 0.2) is 6.10 Å². The van der Waals surface area contributed by atoms with E-state index in [1.807, 2.05) is 0 Å². The van der Waals surface area contributed by atoms with Gasteiger partial charge in [0, 0.05) is 5.56 Å². The van der Waals surface area contributed by atoms with E-state index < -0.39 is 41.1 Å². The highest BCUT2D eigenvalue weighted by atomic mass is 19.4. The molecule has 19 heavy (non-hydrogen) atoms. The zero-order valence-electron chi connectivity index (χ0n) is 8.88. The van der Waals surface area contributed by atoms with Gasteiger partial charge in [0.05, 0.1) is 11.1 Å². The number of halogens is 6. The van der Waals surface area contributed by atoms with Gasteiger partial charge in [-0.15, -0.1) is 0 Å². The average molecular weight is 288 g/mol. The number of aliphatic carboxylic acids is 1. The van der Waals surface area contributed by atoms with Gasteiger partial charge in [0.2, 0.25) is 0 Å². The van der Waals surface area contributed by atoms with Crippen molar-refractivity contribution in [1.29, 1.82) is 0 Å². The van der Waals surface area contributed by atoms with Crippen molar-refractivity contribution >= 4 is 5.97 Å². The van der Waals surface area contributed by atoms with Crippen LogP contribution in [0.5, 0.6) is 0 Å². The number of carboxylic acids is 1. The van der Waals surface area contributed by atoms with Crippen LogP contribution in [0.25, 0.3) is 0 Å². The summed E-state index contributed by atoms with van der Waals surface area (Å²) in [5.41, 5.74) is -5.38. The molecule has 106 valence electrons. The molecule has 3 nitrogen and oxygen atoms in total. The van der Waals surface area contributed by atoms with E-state index in [1.54, 1.807) is 0 Å². The summed E-state index contributed by atoms with van der Waals surface area (Å²) in [6.07, 6.45) is -13.4. The summed E-state index contributed by atoms with van der Waals surface area (Å²) in [5, 5.41) is 17.5. The minimum atomic E-state index is -5.22. The SMILES string of the molecule is O=C(O)[C@H](O)c1c(C(F)(F)F)cccc1C(F)(F)F. The fourth-order valence-corrected chi connectivity index (χ4v) is 1.48. The van der Waals surface area contributed by atoms with E-state index in [0.717, 1.165) is 0 Å². The molecule has 0 saturated heterocycles. The van der Waals surface area contributed by atoms with Crippen LogP contribution in [0.15, 0.2) is 18.2 Å². The van der Waals surface area contributed by atoms with Gasteiger partial charge in [0.25, 0.3) is 0 Å². The quantitative estimate of drug-likeness (QED) is 0.823. The molecular weight excluding hydrogens is 282 g/mol. The van der Waals surface area contributed by atoms with Crippen LogP contribution in [-0.2, 0) is 17.1 Å². The first-order valence-corrected chi connectivity index (χ1v) is 4.64. The van der Waals surface area contributed by atoms with Gasteiger partial charge in [-0.1, -0.05) is 6.07 Å². The number of hydrogen-bond acceptors (Lipinski definition) is 2. The molecule has 0 unspecified atom stereocenters. The normalized spacial score (nSPS) is 14.3. The van der Waals surface area contributed by atoms with E-state index in [-0.39, 0.29) is 12.1 Å². The van der Waals surface area contributed by atoms with Crippen LogP contribution in [0.2, 0.25) is 0 Å². The molecule has 1 aromatic rings. The Kier molecular flexibility index (Phi) is 3.80. The van der Waals surface area contributed by atoms with Crippen LogP contribution in [0.1, 0.15) is 22.8 Å². The number of aliphatic hydroxyl groups excluding tert-OH is 1. The molecule has 1 aromatic carbocycles. The number of carboxylic acid groups (broad SMARTS) is 1. The molecule has 1 atom stereocenters. The van der Waals surface area contributed by atoms with E-state index in [4.69, 9.17) is 10.2 Å². The van der Waals surface area contributed by atoms with Gasteiger partial charge in [-0.05, 0) is 12.1 Å². The second-order valence-corrected chi connectivity index (χ2v) is 3.50. The first kappa shape index (κ1) is 15.3. The molecule has 0 amide bonds. The van der Waals surface area contributed by atoms with Crippen molar-refractivity contribution in [1.82, 2.24) is 0 Å². The molecule has 9 heteroatoms. The predicted molar refractivity (Wildman–Crippen MR) is 49.0 cm³/mol. The van der Waals surface area contributed by atoms with E-state index in [0.29, 0.717) is 6.07 Å². The third-order valence-corrected chi connectivity index (χ3v) is 2.22. The Hall–Kier alpha value is -1.77. The highest BCUT2D eigenvalue weighted by molar-refractivity contribution is 5.75. The van der Waals surface area contributed by atoms with Gasteiger partial charge in [-0.25, -0.2) is 4.79 Å². The molecule has 0 heterocycles. The molecule has 0 aliphatic rings. The summed E-state index contributed by atoms with van der Waals surface area (Å²) in [6.45, 7) is 0. The summed E-state index contributed by atoms with van der Waals surface area (Å²) in [4.78, 5) is 10.5. The third-order valence-electron chi connectivity index (χ3n) is 2.22. The summed E-state index contributed by atoms with van der Waals surface area (Å²) in [6, 6.07) is 1.04. The van der Waals surface area contributed by atoms with Crippen molar-refractivity contribution in [2.24, 2.45) is 0 Å². The fourth-order valence-electron chi connectivity index (χ4n) is 1.48. The largest absolute Gasteiger partial charge is 0.479 e. The maximum atomic E-state index is 12.6. The number of aliphatic hydroxyl groups is 1. The monoisotopic (exact) mass is 288 g/mol. The molecule has 0 aliphatic carbocycles. The first-order valence-electron chi connectivity index (χ1n) is 4.64. The molecule has 0 spiro atoms. The van der Waals surface area contributed by atoms with Crippen LogP contribution >= 0.6 is 0 Å². The summed E-state index contributed by atoms with van der Waals surface area (Å²) >= 11 is 0. The Labute approximate surface area is 102 Å². The van der Waals surface area contributed by atoms with Crippen molar-refractivity contribution in [2.45, 2.75) is 18.5 Å². The van der Waals surface area contributed by atoms with E-state index in [1.165, 1.54) is 0 Å². The van der Waals surface area contributed by atoms with E-state index >= 15 is 0 Å². The van der Waals surface area contributed by atoms with Crippen molar-refractivity contribution < 1.29 is 41.4 Å². The standard InChI is InChI=1S/C10H6F6O3/c11-9(12,13)4-2-1-3-5(10(14,15)16)6(4)7(17)8(18)19/h1-3,7,17H,(H,18,19)/t7-/m1/s1. The van der Waals surface area contributed by atoms with Gasteiger partial charge >= 0.3 is 18.3 Å². The minimum absolute atomic E-state index is 0.275. The Morgan fingerprint density at radius 3 is 1.63 bits per heavy atom. The lowest BCUT2D eigenvalue weighted by atomic mass is 9.95. The van der Waals surface area contributed by atoms with Crippen LogP contribution < -0.4 is 0 Å². The van der Waals surface area contributed by atoms with Crippen molar-refractivity contribution in [3.8, 4) is 0 Å². The Bertz CT molecular complexity index is 459. The highest BCUT2D eigenvalue weighted by Gasteiger charge is 2.43. The van der Waals surface area contributed by atoms with Crippen LogP contribution in [0, 0.1) is 0 Å². The lowest BCUT2D eigenvalue weighted by molar-refractivity contribution is -0.153. The Balaban J connectivity index is 3.64. The number of hydrogen-bond donors (Lipinski definition) is 2. The topological polar surface area (TPSA) is 57.5 Å². The fraction of sp³-hybridized carbons (Fsp3) is 0.300. The van der Waals surface area contributed by atoms with Gasteiger partial charge in [0.1, 0.15) is 0 Å². The lowest BCUT2D eigenvalue weighted by Gasteiger charge is -2.20. The minimum Gasteiger partial charge on any atom is -0.479 e. The Morgan fingerprint density at radius 1 is 1.00 bits per heavy atom. The molecule has 0 aliphatic heterocycles. The molecule has 0 bridgehead atoms. The molecular formula is C10H6F6O3. The van der Waals surface area contributed by atoms with Crippen LogP contribution in [0.3, 0.4) is 0 Å². The van der Waals surface area contributed by atoms with Crippen LogP contribution in [-0.4, -0.2) is 16.2 Å². The molecule has 2 N–H and O–H groups in total. The summed E-state index contributed by atoms with van der Waals surface area (Å²) < 4.78 is 75.4. The van der Waals surface area contributed by atoms with Gasteiger partial charge < -0.3 is 10.2 Å². The molecule has 1 rings (SSSR count). The lowest BCUT2D eigenvalue weighted by Crippen LogP contribution is -2.22. The highest BCUT2D eigenvalue weighted by Crippen LogP contribution is 2.41. The van der Waals surface area contributed by atoms with Crippen molar-refractivity contribution in [3.63, 3.8) is 0 Å². The zero-order chi connectivity index (χ0) is 15.0. The second kappa shape index (κ2) is 4.72. The summed E-state index contributed by atoms with van der Waals surface area (Å²) in [7, 11) is 0. The number of rotatable bonds is 2. The second-order valence-electron chi connectivity index (χ2n) is 3.50. The molecule has 0 radical (unpaired) electrons. The smallest absolute Gasteiger partial charge is 0.416 e.